The molecule has 2 bridgehead atoms. The van der Waals surface area contributed by atoms with E-state index in [4.69, 9.17) is 14.9 Å². The molecule has 96 valence electrons. The van der Waals surface area contributed by atoms with Gasteiger partial charge in [-0.05, 0) is 12.8 Å². The van der Waals surface area contributed by atoms with Crippen LogP contribution in [0.15, 0.2) is 0 Å². The van der Waals surface area contributed by atoms with Crippen molar-refractivity contribution in [1.29, 1.82) is 0 Å². The number of carboxylic acids is 2. The molecule has 2 aliphatic rings. The summed E-state index contributed by atoms with van der Waals surface area (Å²) < 4.78 is 5.26. The molecule has 0 aromatic carbocycles. The summed E-state index contributed by atoms with van der Waals surface area (Å²) in [6, 6.07) is 0. The molecule has 0 radical (unpaired) electrons. The van der Waals surface area contributed by atoms with E-state index in [0.29, 0.717) is 12.8 Å². The minimum Gasteiger partial charge on any atom is -0.481 e. The van der Waals surface area contributed by atoms with Crippen LogP contribution in [-0.2, 0) is 35.4 Å². The normalized spacial score (nSPS) is 34.2. The first-order valence-corrected chi connectivity index (χ1v) is 4.22. The van der Waals surface area contributed by atoms with Gasteiger partial charge in [0.05, 0.1) is 24.0 Å². The zero-order chi connectivity index (χ0) is 9.59. The standard InChI is InChI=1S/C8H10O5.2CH3.Pt/c9-7(10)5-3-1-2-4(13-3)6(5)8(11)12;;;/h3-6H,1-2H2,(H,9,10)(H,11,12);2*1H3;/q;2*-1;+2. The SMILES string of the molecule is O=C(O)C1C2CCC(O2)C1C(=O)O.[CH3-].[CH3-].[Pt+2]. The molecule has 2 fully saturated rings. The van der Waals surface area contributed by atoms with Crippen molar-refractivity contribution in [3.8, 4) is 0 Å². The Morgan fingerprint density at radius 1 is 0.938 bits per heavy atom. The topological polar surface area (TPSA) is 83.8 Å². The fourth-order valence-electron chi connectivity index (χ4n) is 2.31. The average molecular weight is 411 g/mol. The van der Waals surface area contributed by atoms with Crippen LogP contribution < -0.4 is 0 Å². The van der Waals surface area contributed by atoms with Crippen molar-refractivity contribution in [2.45, 2.75) is 25.0 Å². The number of rotatable bonds is 2. The summed E-state index contributed by atoms with van der Waals surface area (Å²) in [5.41, 5.74) is 0. The van der Waals surface area contributed by atoms with Crippen LogP contribution in [0.5, 0.6) is 0 Å². The molecule has 0 aliphatic carbocycles. The van der Waals surface area contributed by atoms with Crippen LogP contribution in [0.4, 0.5) is 0 Å². The van der Waals surface area contributed by atoms with E-state index in [1.165, 1.54) is 0 Å². The molecule has 0 amide bonds. The van der Waals surface area contributed by atoms with E-state index in [-0.39, 0.29) is 48.1 Å². The monoisotopic (exact) mass is 411 g/mol. The maximum Gasteiger partial charge on any atom is 2.00 e. The van der Waals surface area contributed by atoms with Crippen LogP contribution in [0, 0.1) is 26.7 Å². The third-order valence-electron chi connectivity index (χ3n) is 2.84. The molecular weight excluding hydrogens is 395 g/mol. The van der Waals surface area contributed by atoms with Gasteiger partial charge < -0.3 is 29.8 Å². The van der Waals surface area contributed by atoms with E-state index in [1.807, 2.05) is 0 Å². The summed E-state index contributed by atoms with van der Waals surface area (Å²) in [6.45, 7) is 0. The van der Waals surface area contributed by atoms with E-state index >= 15 is 0 Å². The quantitative estimate of drug-likeness (QED) is 0.659. The molecule has 2 heterocycles. The van der Waals surface area contributed by atoms with E-state index in [1.54, 1.807) is 0 Å². The van der Waals surface area contributed by atoms with E-state index < -0.39 is 23.8 Å². The van der Waals surface area contributed by atoms with Gasteiger partial charge in [-0.15, -0.1) is 0 Å². The van der Waals surface area contributed by atoms with Gasteiger partial charge in [-0.3, -0.25) is 9.59 Å². The minimum absolute atomic E-state index is 0. The number of aliphatic carboxylic acids is 2. The second kappa shape index (κ2) is 6.35. The van der Waals surface area contributed by atoms with Crippen LogP contribution >= 0.6 is 0 Å². The first kappa shape index (κ1) is 18.0. The molecule has 5 nitrogen and oxygen atoms in total. The smallest absolute Gasteiger partial charge is 0.481 e. The van der Waals surface area contributed by atoms with Crippen molar-refractivity contribution in [2.75, 3.05) is 0 Å². The van der Waals surface area contributed by atoms with Crippen molar-refractivity contribution in [2.24, 2.45) is 11.8 Å². The second-order valence-electron chi connectivity index (χ2n) is 3.52. The summed E-state index contributed by atoms with van der Waals surface area (Å²) in [5.74, 6) is -3.81. The van der Waals surface area contributed by atoms with Crippen LogP contribution in [0.3, 0.4) is 0 Å². The second-order valence-corrected chi connectivity index (χ2v) is 3.52. The number of carboxylic acid groups (broad SMARTS) is 2. The molecule has 0 aromatic rings. The average Bonchev–Trinajstić information content (AvgIpc) is 2.60. The molecule has 2 N–H and O–H groups in total. The third-order valence-corrected chi connectivity index (χ3v) is 2.84. The van der Waals surface area contributed by atoms with Crippen LogP contribution in [0.2, 0.25) is 0 Å². The summed E-state index contributed by atoms with van der Waals surface area (Å²) >= 11 is 0. The van der Waals surface area contributed by atoms with Gasteiger partial charge >= 0.3 is 33.0 Å². The minimum atomic E-state index is -1.06. The summed E-state index contributed by atoms with van der Waals surface area (Å²) in [4.78, 5) is 21.5. The Morgan fingerprint density at radius 3 is 1.50 bits per heavy atom. The van der Waals surface area contributed by atoms with Gasteiger partial charge in [0.1, 0.15) is 0 Å². The number of ether oxygens (including phenoxy) is 1. The first-order chi connectivity index (χ1) is 6.11. The number of hydrogen-bond acceptors (Lipinski definition) is 3. The van der Waals surface area contributed by atoms with Gasteiger partial charge in [-0.1, -0.05) is 0 Å². The number of fused-ring (bicyclic) bond motifs is 2. The summed E-state index contributed by atoms with van der Waals surface area (Å²) in [6.07, 6.45) is 0.573. The molecule has 0 saturated carbocycles. The Labute approximate surface area is 109 Å². The van der Waals surface area contributed by atoms with Crippen molar-refractivity contribution in [3.05, 3.63) is 14.9 Å². The Kier molecular flexibility index (Phi) is 7.14. The first-order valence-electron chi connectivity index (χ1n) is 4.22. The van der Waals surface area contributed by atoms with E-state index in [9.17, 15) is 9.59 Å². The number of hydrogen-bond donors (Lipinski definition) is 2. The van der Waals surface area contributed by atoms with Crippen LogP contribution in [0.25, 0.3) is 0 Å². The molecule has 2 aliphatic heterocycles. The Morgan fingerprint density at radius 2 is 1.25 bits per heavy atom. The summed E-state index contributed by atoms with van der Waals surface area (Å²) in [5, 5.41) is 17.6. The molecular formula is C10H16O5Pt. The predicted molar refractivity (Wildman–Crippen MR) is 53.0 cm³/mol. The van der Waals surface area contributed by atoms with Gasteiger partial charge in [0, 0.05) is 0 Å². The van der Waals surface area contributed by atoms with E-state index in [0.717, 1.165) is 0 Å². The molecule has 4 unspecified atom stereocenters. The maximum atomic E-state index is 10.8. The molecule has 2 rings (SSSR count). The number of carbonyl (C=O) groups is 2. The largest absolute Gasteiger partial charge is 2.00 e. The van der Waals surface area contributed by atoms with Crippen molar-refractivity contribution >= 4 is 11.9 Å². The van der Waals surface area contributed by atoms with Crippen molar-refractivity contribution < 1.29 is 45.6 Å². The van der Waals surface area contributed by atoms with Gasteiger partial charge in [-0.25, -0.2) is 0 Å². The summed E-state index contributed by atoms with van der Waals surface area (Å²) in [7, 11) is 0. The van der Waals surface area contributed by atoms with Crippen LogP contribution in [0.1, 0.15) is 12.8 Å². The molecule has 6 heteroatoms. The van der Waals surface area contributed by atoms with Gasteiger partial charge in [0.15, 0.2) is 0 Å². The molecule has 4 atom stereocenters. The molecule has 16 heavy (non-hydrogen) atoms. The predicted octanol–water partition coefficient (Wildman–Crippen LogP) is 0.847. The van der Waals surface area contributed by atoms with Crippen molar-refractivity contribution in [3.63, 3.8) is 0 Å². The van der Waals surface area contributed by atoms with E-state index in [2.05, 4.69) is 0 Å². The third kappa shape index (κ3) is 2.63. The van der Waals surface area contributed by atoms with Crippen LogP contribution in [-0.4, -0.2) is 34.4 Å². The van der Waals surface area contributed by atoms with Gasteiger partial charge in [-0.2, -0.15) is 0 Å². The fourth-order valence-corrected chi connectivity index (χ4v) is 2.31. The maximum absolute atomic E-state index is 10.8. The Balaban J connectivity index is 0. The molecule has 0 spiro atoms. The van der Waals surface area contributed by atoms with Crippen molar-refractivity contribution in [1.82, 2.24) is 0 Å². The molecule has 2 saturated heterocycles. The zero-order valence-corrected chi connectivity index (χ0v) is 11.4. The van der Waals surface area contributed by atoms with Gasteiger partial charge in [0.25, 0.3) is 0 Å². The zero-order valence-electron chi connectivity index (χ0n) is 9.16. The fraction of sp³-hybridized carbons (Fsp3) is 0.600. The Bertz CT molecular complexity index is 242. The Hall–Kier alpha value is -0.412. The molecule has 0 aromatic heterocycles. The van der Waals surface area contributed by atoms with Gasteiger partial charge in [0.2, 0.25) is 0 Å².